The molecule has 4 rings (SSSR count). The first-order chi connectivity index (χ1) is 12.3. The first kappa shape index (κ1) is 27.2. The van der Waals surface area contributed by atoms with E-state index in [2.05, 4.69) is 121 Å². The van der Waals surface area contributed by atoms with Gasteiger partial charge in [0, 0.05) is 0 Å². The van der Waals surface area contributed by atoms with Gasteiger partial charge in [0.1, 0.15) is 0 Å². The Labute approximate surface area is 194 Å². The van der Waals surface area contributed by atoms with Crippen LogP contribution < -0.4 is 0 Å². The largest absolute Gasteiger partial charge is 0.154 e. The van der Waals surface area contributed by atoms with E-state index in [0.29, 0.717) is 0 Å². The molecule has 0 radical (unpaired) electrons. The predicted octanol–water partition coefficient (Wildman–Crippen LogP) is 7.98. The van der Waals surface area contributed by atoms with E-state index in [9.17, 15) is 0 Å². The first-order valence-corrected chi connectivity index (χ1v) is 13.9. The summed E-state index contributed by atoms with van der Waals surface area (Å²) in [5, 5.41) is 5.51. The fourth-order valence-corrected chi connectivity index (χ4v) is 3.04. The van der Waals surface area contributed by atoms with Gasteiger partial charge in [0.05, 0.1) is 0 Å². The first-order valence-electron chi connectivity index (χ1n) is 9.06. The number of hydrogen-bond acceptors (Lipinski definition) is 0. The van der Waals surface area contributed by atoms with Gasteiger partial charge in [-0.3, -0.25) is 0 Å². The SMILES string of the molecule is C[Si](C)=[Ti+2].Cc1[cH-]c2ccccc2c1C.Cc1[cH-]c2ccccc2c1C.Cl.Cl. The van der Waals surface area contributed by atoms with Crippen molar-refractivity contribution in [3.8, 4) is 0 Å². The molecule has 0 aromatic heterocycles. The molecule has 0 aliphatic rings. The molecule has 28 heavy (non-hydrogen) atoms. The number of fused-ring (bicyclic) bond motifs is 2. The molecule has 0 fully saturated rings. The normalized spacial score (nSPS) is 9.43. The van der Waals surface area contributed by atoms with Crippen molar-refractivity contribution < 1.29 is 19.2 Å². The average Bonchev–Trinajstić information content (AvgIpc) is 3.05. The standard InChI is InChI=1S/2C11H11.C2H6Si.2ClH.Ti/c2*1-8-7-10-5-3-4-6-11(10)9(8)2;1-3-2;;;/h2*3-7H,1-2H3;1-2H3;2*1H;/q2*-1;;;;+2. The zero-order chi connectivity index (χ0) is 19.3. The topological polar surface area (TPSA) is 0 Å². The molecule has 0 N–H and O–H groups in total. The van der Waals surface area contributed by atoms with Gasteiger partial charge in [-0.05, 0) is 0 Å². The molecule has 0 saturated heterocycles. The Morgan fingerprint density at radius 1 is 0.643 bits per heavy atom. The number of aryl methyl sites for hydroxylation is 4. The number of halogens is 2. The monoisotopic (exact) mass is 464 g/mol. The molecule has 0 spiro atoms. The van der Waals surface area contributed by atoms with E-state index in [4.69, 9.17) is 0 Å². The second kappa shape index (κ2) is 12.7. The van der Waals surface area contributed by atoms with E-state index in [1.807, 2.05) is 0 Å². The van der Waals surface area contributed by atoms with Crippen LogP contribution in [0.2, 0.25) is 13.1 Å². The summed E-state index contributed by atoms with van der Waals surface area (Å²) in [4.78, 5) is 0. The summed E-state index contributed by atoms with van der Waals surface area (Å²) < 4.78 is 0. The second-order valence-corrected chi connectivity index (χ2v) is 13.8. The maximum absolute atomic E-state index is 2.27. The third-order valence-corrected chi connectivity index (χ3v) is 4.66. The zero-order valence-electron chi connectivity index (χ0n) is 17.6. The minimum Gasteiger partial charge on any atom is -0.154 e. The summed E-state index contributed by atoms with van der Waals surface area (Å²) in [6.45, 7) is 13.2. The van der Waals surface area contributed by atoms with Gasteiger partial charge in [-0.15, -0.1) is 106 Å². The van der Waals surface area contributed by atoms with Gasteiger partial charge >= 0.3 is 38.5 Å². The van der Waals surface area contributed by atoms with Gasteiger partial charge in [-0.1, -0.05) is 39.8 Å². The molecule has 4 aromatic carbocycles. The number of hydrogen-bond donors (Lipinski definition) is 0. The molecular weight excluding hydrogens is 435 g/mol. The molecule has 0 bridgehead atoms. The molecule has 0 nitrogen and oxygen atoms in total. The van der Waals surface area contributed by atoms with Crippen LogP contribution in [0.15, 0.2) is 60.7 Å². The summed E-state index contributed by atoms with van der Waals surface area (Å²) in [7, 11) is 0. The van der Waals surface area contributed by atoms with Crippen molar-refractivity contribution in [2.24, 2.45) is 0 Å². The molecule has 0 aliphatic carbocycles. The van der Waals surface area contributed by atoms with Crippen molar-refractivity contribution in [1.29, 1.82) is 0 Å². The van der Waals surface area contributed by atoms with Crippen LogP contribution in [-0.4, -0.2) is 6.19 Å². The summed E-state index contributed by atoms with van der Waals surface area (Å²) in [5.41, 5.74) is 5.62. The van der Waals surface area contributed by atoms with E-state index < -0.39 is 0 Å². The van der Waals surface area contributed by atoms with Crippen molar-refractivity contribution in [3.05, 3.63) is 82.9 Å². The minimum absolute atomic E-state index is 0. The number of benzene rings is 2. The Bertz CT molecular complexity index is 946. The fourth-order valence-electron chi connectivity index (χ4n) is 3.04. The molecule has 148 valence electrons. The molecule has 4 heteroatoms. The fraction of sp³-hybridized carbons (Fsp3) is 0.250. The molecule has 0 amide bonds. The van der Waals surface area contributed by atoms with Crippen LogP contribution in [0.1, 0.15) is 22.3 Å². The van der Waals surface area contributed by atoms with Crippen LogP contribution in [0.25, 0.3) is 21.5 Å². The smallest absolute Gasteiger partial charge is 0.0576 e. The summed E-state index contributed by atoms with van der Waals surface area (Å²) >= 11 is 2.27. The van der Waals surface area contributed by atoms with Crippen LogP contribution in [0.3, 0.4) is 0 Å². The summed E-state index contributed by atoms with van der Waals surface area (Å²) in [5.74, 6) is 0. The summed E-state index contributed by atoms with van der Waals surface area (Å²) in [6, 6.07) is 21.5. The van der Waals surface area contributed by atoms with Gasteiger partial charge in [0.2, 0.25) is 0 Å². The third kappa shape index (κ3) is 7.21. The summed E-state index contributed by atoms with van der Waals surface area (Å²) in [6.07, 6.45) is 0.120. The Balaban J connectivity index is 0.000000415. The quantitative estimate of drug-likeness (QED) is 0.182. The van der Waals surface area contributed by atoms with Gasteiger partial charge in [0.15, 0.2) is 0 Å². The minimum atomic E-state index is 0. The van der Waals surface area contributed by atoms with Crippen LogP contribution in [0.5, 0.6) is 0 Å². The van der Waals surface area contributed by atoms with Crippen LogP contribution in [-0.2, 0) is 19.2 Å². The zero-order valence-corrected chi connectivity index (χ0v) is 21.8. The van der Waals surface area contributed by atoms with Crippen molar-refractivity contribution in [1.82, 2.24) is 0 Å². The van der Waals surface area contributed by atoms with E-state index in [0.717, 1.165) is 0 Å². The molecular formula is C24H30Cl2SiTi. The number of rotatable bonds is 0. The maximum atomic E-state index is 2.27. The van der Waals surface area contributed by atoms with Crippen molar-refractivity contribution in [2.75, 3.05) is 0 Å². The van der Waals surface area contributed by atoms with Crippen molar-refractivity contribution >= 4 is 52.5 Å². The molecule has 0 atom stereocenters. The molecule has 0 unspecified atom stereocenters. The van der Waals surface area contributed by atoms with E-state index in [-0.39, 0.29) is 31.0 Å². The van der Waals surface area contributed by atoms with E-state index in [1.165, 1.54) is 43.8 Å². The maximum Gasteiger partial charge on any atom is -0.0576 e. The predicted molar refractivity (Wildman–Crippen MR) is 130 cm³/mol. The van der Waals surface area contributed by atoms with Crippen LogP contribution in [0.4, 0.5) is 0 Å². The van der Waals surface area contributed by atoms with Gasteiger partial charge < -0.3 is 0 Å². The molecule has 4 aromatic rings. The van der Waals surface area contributed by atoms with Gasteiger partial charge in [-0.25, -0.2) is 0 Å². The molecule has 0 aliphatic heterocycles. The third-order valence-electron chi connectivity index (χ3n) is 4.66. The van der Waals surface area contributed by atoms with E-state index in [1.54, 1.807) is 0 Å². The Kier molecular flexibility index (Phi) is 12.3. The van der Waals surface area contributed by atoms with Gasteiger partial charge in [-0.2, -0.15) is 11.1 Å². The molecule has 0 heterocycles. The van der Waals surface area contributed by atoms with E-state index >= 15 is 0 Å². The Hall–Kier alpha value is -0.829. The average molecular weight is 465 g/mol. The van der Waals surface area contributed by atoms with Crippen LogP contribution in [0, 0.1) is 27.7 Å². The Morgan fingerprint density at radius 3 is 1.21 bits per heavy atom. The van der Waals surface area contributed by atoms with Crippen molar-refractivity contribution in [2.45, 2.75) is 40.8 Å². The van der Waals surface area contributed by atoms with Gasteiger partial charge in [0.25, 0.3) is 0 Å². The van der Waals surface area contributed by atoms with Crippen LogP contribution >= 0.6 is 24.8 Å². The Morgan fingerprint density at radius 2 is 0.929 bits per heavy atom. The second-order valence-electron chi connectivity index (χ2n) is 7.08. The molecule has 0 saturated carbocycles. The van der Waals surface area contributed by atoms with Crippen molar-refractivity contribution in [3.63, 3.8) is 0 Å².